The Morgan fingerprint density at radius 3 is 2.41 bits per heavy atom. The molecule has 0 aliphatic carbocycles. The largest absolute Gasteiger partial charge is 0.497 e. The fourth-order valence-electron chi connectivity index (χ4n) is 4.44. The van der Waals surface area contributed by atoms with Gasteiger partial charge in [-0.05, 0) is 76.4 Å². The summed E-state index contributed by atoms with van der Waals surface area (Å²) < 4.78 is 11.0. The summed E-state index contributed by atoms with van der Waals surface area (Å²) in [6.07, 6.45) is 2.04. The Hall–Kier alpha value is -2.53. The van der Waals surface area contributed by atoms with Gasteiger partial charge in [-0.15, -0.1) is 0 Å². The Bertz CT molecular complexity index is 871. The Kier molecular flexibility index (Phi) is 6.48. The summed E-state index contributed by atoms with van der Waals surface area (Å²) in [7, 11) is 3.35. The zero-order valence-electron chi connectivity index (χ0n) is 18.3. The second-order valence-electron chi connectivity index (χ2n) is 7.94. The summed E-state index contributed by atoms with van der Waals surface area (Å²) >= 11 is 0. The van der Waals surface area contributed by atoms with E-state index in [-0.39, 0.29) is 18.0 Å². The van der Waals surface area contributed by atoms with Crippen LogP contribution in [0.15, 0.2) is 30.3 Å². The van der Waals surface area contributed by atoms with E-state index in [1.165, 1.54) is 5.56 Å². The number of carbonyl (C=O) groups excluding carboxylic acids is 1. The van der Waals surface area contributed by atoms with Gasteiger partial charge in [-0.3, -0.25) is 9.69 Å². The minimum absolute atomic E-state index is 0.0221. The van der Waals surface area contributed by atoms with E-state index in [1.807, 2.05) is 39.0 Å². The van der Waals surface area contributed by atoms with Gasteiger partial charge in [-0.1, -0.05) is 17.7 Å². The molecule has 2 atom stereocenters. The molecule has 0 spiro atoms. The van der Waals surface area contributed by atoms with Crippen molar-refractivity contribution in [2.75, 3.05) is 26.1 Å². The normalized spacial score (nSPS) is 17.8. The fraction of sp³-hybridized carbons (Fsp3) is 0.458. The van der Waals surface area contributed by atoms with Crippen LogP contribution >= 0.6 is 0 Å². The first-order valence-corrected chi connectivity index (χ1v) is 10.2. The molecule has 5 nitrogen and oxygen atoms in total. The molecule has 2 aromatic rings. The zero-order valence-corrected chi connectivity index (χ0v) is 18.3. The van der Waals surface area contributed by atoms with Crippen LogP contribution in [0.4, 0.5) is 5.69 Å². The highest BCUT2D eigenvalue weighted by Gasteiger charge is 2.35. The van der Waals surface area contributed by atoms with Gasteiger partial charge in [-0.2, -0.15) is 0 Å². The minimum atomic E-state index is -0.251. The monoisotopic (exact) mass is 396 g/mol. The van der Waals surface area contributed by atoms with Crippen molar-refractivity contribution in [3.05, 3.63) is 52.6 Å². The first-order chi connectivity index (χ1) is 13.8. The number of hydrogen-bond donors (Lipinski definition) is 1. The van der Waals surface area contributed by atoms with E-state index < -0.39 is 0 Å². The van der Waals surface area contributed by atoms with Gasteiger partial charge >= 0.3 is 0 Å². The van der Waals surface area contributed by atoms with Crippen LogP contribution in [0, 0.1) is 20.8 Å². The molecule has 1 saturated heterocycles. The van der Waals surface area contributed by atoms with Crippen LogP contribution in [0.5, 0.6) is 11.5 Å². The van der Waals surface area contributed by atoms with Crippen LogP contribution in [0.25, 0.3) is 0 Å². The highest BCUT2D eigenvalue weighted by molar-refractivity contribution is 5.96. The van der Waals surface area contributed by atoms with E-state index in [0.717, 1.165) is 53.3 Å². The van der Waals surface area contributed by atoms with Crippen LogP contribution in [0.1, 0.15) is 48.1 Å². The second kappa shape index (κ2) is 8.87. The first kappa shape index (κ1) is 21.2. The molecule has 1 N–H and O–H groups in total. The third-order valence-corrected chi connectivity index (χ3v) is 5.89. The Balaban J connectivity index is 1.83. The van der Waals surface area contributed by atoms with Crippen LogP contribution in [-0.2, 0) is 4.79 Å². The van der Waals surface area contributed by atoms with Gasteiger partial charge in [0.1, 0.15) is 11.5 Å². The van der Waals surface area contributed by atoms with Crippen LogP contribution in [-0.4, -0.2) is 37.6 Å². The van der Waals surface area contributed by atoms with Crippen LogP contribution in [0.2, 0.25) is 0 Å². The molecule has 0 unspecified atom stereocenters. The molecule has 156 valence electrons. The smallest absolute Gasteiger partial charge is 0.241 e. The molecule has 0 radical (unpaired) electrons. The topological polar surface area (TPSA) is 50.8 Å². The highest BCUT2D eigenvalue weighted by Crippen LogP contribution is 2.40. The van der Waals surface area contributed by atoms with E-state index in [9.17, 15) is 4.79 Å². The number of rotatable bonds is 6. The summed E-state index contributed by atoms with van der Waals surface area (Å²) in [5, 5.41) is 3.17. The quantitative estimate of drug-likeness (QED) is 0.762. The lowest BCUT2D eigenvalue weighted by Crippen LogP contribution is -2.41. The van der Waals surface area contributed by atoms with Crippen molar-refractivity contribution >= 4 is 11.6 Å². The van der Waals surface area contributed by atoms with Crippen molar-refractivity contribution in [1.82, 2.24) is 4.90 Å². The molecule has 0 bridgehead atoms. The molecule has 1 fully saturated rings. The van der Waals surface area contributed by atoms with E-state index >= 15 is 0 Å². The van der Waals surface area contributed by atoms with Crippen molar-refractivity contribution in [3.8, 4) is 11.5 Å². The zero-order chi connectivity index (χ0) is 21.1. The molecule has 3 rings (SSSR count). The number of likely N-dealkylation sites (tertiary alicyclic amines) is 1. The van der Waals surface area contributed by atoms with Gasteiger partial charge in [0.15, 0.2) is 0 Å². The van der Waals surface area contributed by atoms with Crippen molar-refractivity contribution in [2.45, 2.75) is 52.6 Å². The maximum Gasteiger partial charge on any atom is 0.241 e. The molecule has 2 aromatic carbocycles. The number of ether oxygens (including phenoxy) is 2. The van der Waals surface area contributed by atoms with E-state index in [2.05, 4.69) is 29.3 Å². The number of nitrogens with one attached hydrogen (secondary N) is 1. The predicted octanol–water partition coefficient (Wildman–Crippen LogP) is 4.79. The summed E-state index contributed by atoms with van der Waals surface area (Å²) in [5.41, 5.74) is 5.38. The fourth-order valence-corrected chi connectivity index (χ4v) is 4.44. The van der Waals surface area contributed by atoms with E-state index in [1.54, 1.807) is 14.2 Å². The summed E-state index contributed by atoms with van der Waals surface area (Å²) in [5.74, 6) is 1.66. The Labute approximate surface area is 174 Å². The lowest BCUT2D eigenvalue weighted by molar-refractivity contribution is -0.121. The molecule has 29 heavy (non-hydrogen) atoms. The summed E-state index contributed by atoms with van der Waals surface area (Å²) in [4.78, 5) is 15.4. The first-order valence-electron chi connectivity index (χ1n) is 10.2. The van der Waals surface area contributed by atoms with Crippen molar-refractivity contribution < 1.29 is 14.3 Å². The van der Waals surface area contributed by atoms with E-state index in [4.69, 9.17) is 9.47 Å². The molecular weight excluding hydrogens is 364 g/mol. The van der Waals surface area contributed by atoms with Crippen molar-refractivity contribution in [3.63, 3.8) is 0 Å². The molecule has 5 heteroatoms. The number of nitrogens with zero attached hydrogens (tertiary/aromatic N) is 1. The maximum atomic E-state index is 13.1. The van der Waals surface area contributed by atoms with Gasteiger partial charge in [0.2, 0.25) is 5.91 Å². The van der Waals surface area contributed by atoms with Gasteiger partial charge in [0.05, 0.1) is 20.3 Å². The number of methoxy groups -OCH3 is 2. The van der Waals surface area contributed by atoms with Gasteiger partial charge in [0, 0.05) is 17.3 Å². The number of carbonyl (C=O) groups is 1. The summed E-state index contributed by atoms with van der Waals surface area (Å²) in [6.45, 7) is 9.02. The number of benzene rings is 2. The van der Waals surface area contributed by atoms with Crippen molar-refractivity contribution in [1.29, 1.82) is 0 Å². The van der Waals surface area contributed by atoms with Crippen molar-refractivity contribution in [2.24, 2.45) is 0 Å². The number of anilines is 1. The Morgan fingerprint density at radius 2 is 1.79 bits per heavy atom. The average Bonchev–Trinajstić information content (AvgIpc) is 3.18. The van der Waals surface area contributed by atoms with Gasteiger partial charge in [0.25, 0.3) is 0 Å². The minimum Gasteiger partial charge on any atom is -0.497 e. The highest BCUT2D eigenvalue weighted by atomic mass is 16.5. The summed E-state index contributed by atoms with van der Waals surface area (Å²) in [6, 6.07) is 9.95. The lowest BCUT2D eigenvalue weighted by atomic mass is 10.0. The number of hydrogen-bond acceptors (Lipinski definition) is 4. The van der Waals surface area contributed by atoms with Crippen LogP contribution in [0.3, 0.4) is 0 Å². The Morgan fingerprint density at radius 1 is 1.10 bits per heavy atom. The van der Waals surface area contributed by atoms with Crippen LogP contribution < -0.4 is 14.8 Å². The van der Waals surface area contributed by atoms with Gasteiger partial charge in [-0.25, -0.2) is 0 Å². The second-order valence-corrected chi connectivity index (χ2v) is 7.94. The molecule has 1 aliphatic heterocycles. The molecule has 1 aliphatic rings. The lowest BCUT2D eigenvalue weighted by Gasteiger charge is -2.31. The van der Waals surface area contributed by atoms with E-state index in [0.29, 0.717) is 0 Å². The molecule has 1 heterocycles. The SMILES string of the molecule is COc1ccc(OC)c([C@H]2CCCN2[C@H](C)C(=O)Nc2c(C)cc(C)cc2C)c1. The third kappa shape index (κ3) is 4.40. The predicted molar refractivity (Wildman–Crippen MR) is 117 cm³/mol. The molecule has 1 amide bonds. The molecular formula is C24H32N2O3. The third-order valence-electron chi connectivity index (χ3n) is 5.89. The maximum absolute atomic E-state index is 13.1. The average molecular weight is 397 g/mol. The number of aryl methyl sites for hydroxylation is 3. The molecule has 0 aromatic heterocycles. The molecule has 0 saturated carbocycles. The van der Waals surface area contributed by atoms with Gasteiger partial charge < -0.3 is 14.8 Å². The number of amides is 1. The standard InChI is InChI=1S/C24H32N2O3/c1-15-12-16(2)23(17(3)13-15)25-24(27)18(4)26-11-7-8-21(26)20-14-19(28-5)9-10-22(20)29-6/h9-10,12-14,18,21H,7-8,11H2,1-6H3,(H,25,27)/t18-,21-/m1/s1.